The maximum absolute atomic E-state index is 13.1. The number of rotatable bonds is 7. The predicted molar refractivity (Wildman–Crippen MR) is 122 cm³/mol. The Morgan fingerprint density at radius 3 is 2.40 bits per heavy atom. The molecule has 3 heterocycles. The number of hydrogen-bond donors (Lipinski definition) is 0. The summed E-state index contributed by atoms with van der Waals surface area (Å²) in [7, 11) is 0. The van der Waals surface area contributed by atoms with Gasteiger partial charge in [-0.2, -0.15) is 5.26 Å². The second-order valence-electron chi connectivity index (χ2n) is 6.33. The first-order valence-corrected chi connectivity index (χ1v) is 11.8. The first kappa shape index (κ1) is 20.5. The number of hydrogen-bond acceptors (Lipinski definition) is 6. The van der Waals surface area contributed by atoms with Crippen molar-refractivity contribution >= 4 is 40.2 Å². The van der Waals surface area contributed by atoms with Crippen LogP contribution in [0.2, 0.25) is 0 Å². The van der Waals surface area contributed by atoms with Crippen molar-refractivity contribution in [1.82, 2.24) is 4.98 Å². The Balaban J connectivity index is 1.61. The Kier molecular flexibility index (Phi) is 6.38. The summed E-state index contributed by atoms with van der Waals surface area (Å²) in [6, 6.07) is 17.7. The number of halogens is 1. The van der Waals surface area contributed by atoms with Crippen molar-refractivity contribution in [2.75, 3.05) is 5.75 Å². The number of aromatic nitrogens is 1. The molecule has 1 aromatic carbocycles. The van der Waals surface area contributed by atoms with Gasteiger partial charge in [-0.25, -0.2) is 9.37 Å². The van der Waals surface area contributed by atoms with Gasteiger partial charge in [-0.15, -0.1) is 34.4 Å². The van der Waals surface area contributed by atoms with Crippen LogP contribution in [0.1, 0.15) is 22.3 Å². The van der Waals surface area contributed by atoms with Crippen LogP contribution in [0, 0.1) is 17.1 Å². The van der Waals surface area contributed by atoms with Crippen molar-refractivity contribution in [2.45, 2.75) is 11.4 Å². The minimum absolute atomic E-state index is 0.0612. The third kappa shape index (κ3) is 4.51. The average Bonchev–Trinajstić information content (AvgIpc) is 3.48. The van der Waals surface area contributed by atoms with E-state index in [0.29, 0.717) is 21.9 Å². The highest BCUT2D eigenvalue weighted by atomic mass is 32.2. The van der Waals surface area contributed by atoms with E-state index < -0.39 is 0 Å². The SMILES string of the molecule is N#Cc1c(-c2cccs2)cc(-c2cccs2)nc1SCCC(=O)c1ccc(F)cc1. The van der Waals surface area contributed by atoms with Crippen LogP contribution in [0.3, 0.4) is 0 Å². The Hall–Kier alpha value is -2.79. The number of thioether (sulfide) groups is 1. The molecule has 0 spiro atoms. The minimum atomic E-state index is -0.365. The lowest BCUT2D eigenvalue weighted by atomic mass is 10.1. The molecule has 0 radical (unpaired) electrons. The first-order chi connectivity index (χ1) is 14.7. The minimum Gasteiger partial charge on any atom is -0.294 e. The molecular formula is C23H15FN2OS3. The zero-order valence-electron chi connectivity index (χ0n) is 15.7. The van der Waals surface area contributed by atoms with Gasteiger partial charge >= 0.3 is 0 Å². The van der Waals surface area contributed by atoms with Crippen molar-refractivity contribution in [3.63, 3.8) is 0 Å². The fourth-order valence-corrected chi connectivity index (χ4v) is 5.31. The van der Waals surface area contributed by atoms with Crippen molar-refractivity contribution < 1.29 is 9.18 Å². The summed E-state index contributed by atoms with van der Waals surface area (Å²) in [4.78, 5) is 19.2. The van der Waals surface area contributed by atoms with Crippen LogP contribution in [0.25, 0.3) is 21.0 Å². The number of Topliss-reactive ketones (excluding diaryl/α,β-unsaturated/α-hetero) is 1. The summed E-state index contributed by atoms with van der Waals surface area (Å²) in [6.07, 6.45) is 0.278. The second kappa shape index (κ2) is 9.35. The van der Waals surface area contributed by atoms with Gasteiger partial charge in [-0.05, 0) is 53.2 Å². The van der Waals surface area contributed by atoms with Gasteiger partial charge in [0.1, 0.15) is 16.9 Å². The van der Waals surface area contributed by atoms with Crippen LogP contribution < -0.4 is 0 Å². The van der Waals surface area contributed by atoms with Gasteiger partial charge < -0.3 is 0 Å². The fraction of sp³-hybridized carbons (Fsp3) is 0.0870. The fourth-order valence-electron chi connectivity index (χ4n) is 2.93. The number of ketones is 1. The molecule has 3 nitrogen and oxygen atoms in total. The molecule has 0 fully saturated rings. The van der Waals surface area contributed by atoms with E-state index >= 15 is 0 Å². The molecule has 0 bridgehead atoms. The molecule has 4 aromatic rings. The maximum Gasteiger partial charge on any atom is 0.163 e. The molecule has 148 valence electrons. The lowest BCUT2D eigenvalue weighted by Gasteiger charge is -2.10. The van der Waals surface area contributed by atoms with Crippen molar-refractivity contribution in [3.05, 3.63) is 82.3 Å². The second-order valence-corrected chi connectivity index (χ2v) is 9.31. The van der Waals surface area contributed by atoms with E-state index in [1.54, 1.807) is 22.7 Å². The molecule has 0 N–H and O–H groups in total. The standard InChI is InChI=1S/C23H15FN2OS3/c24-16-7-5-15(6-8-16)20(27)9-12-30-23-18(14-25)17(21-3-1-10-28-21)13-19(26-23)22-4-2-11-29-22/h1-8,10-11,13H,9,12H2. The van der Waals surface area contributed by atoms with Gasteiger partial charge in [0.05, 0.1) is 16.1 Å². The van der Waals surface area contributed by atoms with Crippen molar-refractivity contribution in [3.8, 4) is 27.1 Å². The third-order valence-electron chi connectivity index (χ3n) is 4.39. The summed E-state index contributed by atoms with van der Waals surface area (Å²) < 4.78 is 13.1. The van der Waals surface area contributed by atoms with Crippen molar-refractivity contribution in [1.29, 1.82) is 5.26 Å². The number of pyridine rings is 1. The van der Waals surface area contributed by atoms with Gasteiger partial charge in [0.15, 0.2) is 5.78 Å². The monoisotopic (exact) mass is 450 g/mol. The Morgan fingerprint density at radius 2 is 1.77 bits per heavy atom. The number of thiophene rings is 2. The van der Waals surface area contributed by atoms with Gasteiger partial charge in [0.25, 0.3) is 0 Å². The molecule has 0 unspecified atom stereocenters. The van der Waals surface area contributed by atoms with E-state index in [1.165, 1.54) is 36.0 Å². The Bertz CT molecular complexity index is 1190. The highest BCUT2D eigenvalue weighted by Crippen LogP contribution is 2.37. The molecule has 30 heavy (non-hydrogen) atoms. The van der Waals surface area contributed by atoms with E-state index in [0.717, 1.165) is 21.0 Å². The summed E-state index contributed by atoms with van der Waals surface area (Å²) in [5, 5.41) is 14.4. The third-order valence-corrected chi connectivity index (χ3v) is 7.17. The smallest absolute Gasteiger partial charge is 0.163 e. The molecule has 0 amide bonds. The number of nitrogens with zero attached hydrogens (tertiary/aromatic N) is 2. The summed E-state index contributed by atoms with van der Waals surface area (Å²) in [5.74, 6) is 0.0551. The van der Waals surface area contributed by atoms with Crippen LogP contribution in [0.4, 0.5) is 4.39 Å². The lowest BCUT2D eigenvalue weighted by molar-refractivity contribution is 0.0989. The first-order valence-electron chi connectivity index (χ1n) is 9.10. The molecule has 4 rings (SSSR count). The summed E-state index contributed by atoms with van der Waals surface area (Å²) in [5.41, 5.74) is 2.69. The number of carbonyl (C=O) groups excluding carboxylic acids is 1. The summed E-state index contributed by atoms with van der Waals surface area (Å²) in [6.45, 7) is 0. The van der Waals surface area contributed by atoms with Crippen LogP contribution in [0.15, 0.2) is 70.4 Å². The van der Waals surface area contributed by atoms with E-state index in [1.807, 2.05) is 41.1 Å². The number of benzene rings is 1. The van der Waals surface area contributed by atoms with Crippen LogP contribution in [0.5, 0.6) is 0 Å². The van der Waals surface area contributed by atoms with Gasteiger partial charge in [-0.3, -0.25) is 4.79 Å². The Morgan fingerprint density at radius 1 is 1.07 bits per heavy atom. The summed E-state index contributed by atoms with van der Waals surface area (Å²) >= 11 is 4.57. The lowest BCUT2D eigenvalue weighted by Crippen LogP contribution is -2.01. The zero-order chi connectivity index (χ0) is 20.9. The van der Waals surface area contributed by atoms with Crippen molar-refractivity contribution in [2.24, 2.45) is 0 Å². The van der Waals surface area contributed by atoms with E-state index in [9.17, 15) is 14.4 Å². The highest BCUT2D eigenvalue weighted by molar-refractivity contribution is 7.99. The number of carbonyl (C=O) groups is 1. The highest BCUT2D eigenvalue weighted by Gasteiger charge is 2.17. The molecule has 0 aliphatic carbocycles. The van der Waals surface area contributed by atoms with Gasteiger partial charge in [-0.1, -0.05) is 12.1 Å². The van der Waals surface area contributed by atoms with Crippen LogP contribution >= 0.6 is 34.4 Å². The molecule has 0 aliphatic rings. The topological polar surface area (TPSA) is 53.8 Å². The van der Waals surface area contributed by atoms with E-state index in [4.69, 9.17) is 4.98 Å². The van der Waals surface area contributed by atoms with Gasteiger partial charge in [0, 0.05) is 28.2 Å². The van der Waals surface area contributed by atoms with Gasteiger partial charge in [0.2, 0.25) is 0 Å². The zero-order valence-corrected chi connectivity index (χ0v) is 18.1. The van der Waals surface area contributed by atoms with E-state index in [-0.39, 0.29) is 18.0 Å². The largest absolute Gasteiger partial charge is 0.294 e. The molecule has 7 heteroatoms. The molecule has 0 aliphatic heterocycles. The molecule has 0 saturated heterocycles. The van der Waals surface area contributed by atoms with Crippen LogP contribution in [-0.2, 0) is 0 Å². The number of nitriles is 1. The molecule has 0 saturated carbocycles. The average molecular weight is 451 g/mol. The molecule has 3 aromatic heterocycles. The Labute approximate surface area is 185 Å². The molecular weight excluding hydrogens is 435 g/mol. The normalized spacial score (nSPS) is 10.7. The quantitative estimate of drug-likeness (QED) is 0.227. The maximum atomic E-state index is 13.1. The van der Waals surface area contributed by atoms with E-state index in [2.05, 4.69) is 6.07 Å². The molecule has 0 atom stereocenters. The van der Waals surface area contributed by atoms with Crippen LogP contribution in [-0.4, -0.2) is 16.5 Å². The predicted octanol–water partition coefficient (Wildman–Crippen LogP) is 6.91.